The van der Waals surface area contributed by atoms with Gasteiger partial charge in [0.2, 0.25) is 0 Å². The molecule has 0 spiro atoms. The van der Waals surface area contributed by atoms with Gasteiger partial charge >= 0.3 is 0 Å². The molecule has 17 heavy (non-hydrogen) atoms. The van der Waals surface area contributed by atoms with Crippen LogP contribution in [0.25, 0.3) is 11.3 Å². The molecule has 2 aromatic rings. The number of nitrogens with two attached hydrogens (primary N) is 1. The first kappa shape index (κ1) is 11.9. The fourth-order valence-corrected chi connectivity index (χ4v) is 2.48. The summed E-state index contributed by atoms with van der Waals surface area (Å²) in [6, 6.07) is 6.17. The summed E-state index contributed by atoms with van der Waals surface area (Å²) in [5.74, 6) is 0. The first-order chi connectivity index (χ1) is 8.26. The summed E-state index contributed by atoms with van der Waals surface area (Å²) in [5.41, 5.74) is 12.0. The zero-order valence-corrected chi connectivity index (χ0v) is 11.0. The lowest BCUT2D eigenvalue weighted by molar-refractivity contribution is 0.868. The minimum atomic E-state index is 0.819. The summed E-state index contributed by atoms with van der Waals surface area (Å²) in [5, 5.41) is 2.03. The van der Waals surface area contributed by atoms with Crippen LogP contribution >= 0.6 is 11.3 Å². The minimum absolute atomic E-state index is 0.819. The summed E-state index contributed by atoms with van der Waals surface area (Å²) < 4.78 is 0. The van der Waals surface area contributed by atoms with E-state index >= 15 is 0 Å². The van der Waals surface area contributed by atoms with Crippen molar-refractivity contribution in [2.45, 2.75) is 13.8 Å². The van der Waals surface area contributed by atoms with Gasteiger partial charge in [-0.3, -0.25) is 0 Å². The molecule has 0 saturated heterocycles. The van der Waals surface area contributed by atoms with Crippen molar-refractivity contribution in [3.8, 4) is 11.3 Å². The predicted octanol–water partition coefficient (Wildman–Crippen LogP) is 3.24. The maximum Gasteiger partial charge on any atom is 0.0811 e. The van der Waals surface area contributed by atoms with Crippen LogP contribution in [0.5, 0.6) is 0 Å². The summed E-state index contributed by atoms with van der Waals surface area (Å²) in [6.07, 6.45) is 0. The molecule has 0 atom stereocenters. The molecular weight excluding hydrogens is 230 g/mol. The molecule has 0 saturated carbocycles. The molecule has 0 bridgehead atoms. The summed E-state index contributed by atoms with van der Waals surface area (Å²) >= 11 is 1.60. The summed E-state index contributed by atoms with van der Waals surface area (Å²) in [4.78, 5) is 6.54. The quantitative estimate of drug-likeness (QED) is 0.843. The van der Waals surface area contributed by atoms with Gasteiger partial charge in [-0.05, 0) is 26.0 Å². The number of hydrogen-bond acceptors (Lipinski definition) is 4. The SMILES string of the molecule is CCN(CC)c1ccc(-c2cscn2)cc1N. The van der Waals surface area contributed by atoms with Crippen molar-refractivity contribution in [2.75, 3.05) is 23.7 Å². The molecule has 0 amide bonds. The van der Waals surface area contributed by atoms with Gasteiger partial charge in [0.05, 0.1) is 22.6 Å². The third kappa shape index (κ3) is 2.42. The second-order valence-corrected chi connectivity index (χ2v) is 4.54. The monoisotopic (exact) mass is 247 g/mol. The molecule has 0 aliphatic heterocycles. The Kier molecular flexibility index (Phi) is 3.64. The molecule has 0 fully saturated rings. The molecular formula is C13H17N3S. The van der Waals surface area contributed by atoms with E-state index in [0.717, 1.165) is 35.7 Å². The second-order valence-electron chi connectivity index (χ2n) is 3.82. The van der Waals surface area contributed by atoms with Crippen LogP contribution in [0.2, 0.25) is 0 Å². The smallest absolute Gasteiger partial charge is 0.0811 e. The Morgan fingerprint density at radius 3 is 2.59 bits per heavy atom. The Balaban J connectivity index is 2.35. The van der Waals surface area contributed by atoms with Gasteiger partial charge in [-0.15, -0.1) is 11.3 Å². The largest absolute Gasteiger partial charge is 0.397 e. The van der Waals surface area contributed by atoms with Gasteiger partial charge in [0.25, 0.3) is 0 Å². The van der Waals surface area contributed by atoms with Crippen LogP contribution in [0.3, 0.4) is 0 Å². The lowest BCUT2D eigenvalue weighted by Crippen LogP contribution is -2.22. The average molecular weight is 247 g/mol. The Morgan fingerprint density at radius 2 is 2.06 bits per heavy atom. The fraction of sp³-hybridized carbons (Fsp3) is 0.308. The van der Waals surface area contributed by atoms with E-state index in [1.54, 1.807) is 11.3 Å². The molecule has 4 heteroatoms. The normalized spacial score (nSPS) is 10.5. The first-order valence-corrected chi connectivity index (χ1v) is 6.73. The zero-order valence-electron chi connectivity index (χ0n) is 10.2. The van der Waals surface area contributed by atoms with Gasteiger partial charge in [0.1, 0.15) is 0 Å². The Bertz CT molecular complexity index is 475. The molecule has 1 heterocycles. The average Bonchev–Trinajstić information content (AvgIpc) is 2.86. The van der Waals surface area contributed by atoms with E-state index in [1.165, 1.54) is 0 Å². The maximum atomic E-state index is 6.11. The predicted molar refractivity (Wildman–Crippen MR) is 75.5 cm³/mol. The van der Waals surface area contributed by atoms with Crippen molar-refractivity contribution in [1.82, 2.24) is 4.98 Å². The fourth-order valence-electron chi connectivity index (χ4n) is 1.92. The lowest BCUT2D eigenvalue weighted by atomic mass is 10.1. The highest BCUT2D eigenvalue weighted by Gasteiger charge is 2.08. The van der Waals surface area contributed by atoms with Crippen LogP contribution in [-0.2, 0) is 0 Å². The van der Waals surface area contributed by atoms with Crippen molar-refractivity contribution in [2.24, 2.45) is 0 Å². The van der Waals surface area contributed by atoms with Crippen molar-refractivity contribution in [3.63, 3.8) is 0 Å². The molecule has 3 nitrogen and oxygen atoms in total. The van der Waals surface area contributed by atoms with Crippen molar-refractivity contribution < 1.29 is 0 Å². The van der Waals surface area contributed by atoms with E-state index in [0.29, 0.717) is 0 Å². The van der Waals surface area contributed by atoms with E-state index in [9.17, 15) is 0 Å². The van der Waals surface area contributed by atoms with E-state index in [2.05, 4.69) is 35.9 Å². The molecule has 0 radical (unpaired) electrons. The number of thiazole rings is 1. The molecule has 2 rings (SSSR count). The van der Waals surface area contributed by atoms with Gasteiger partial charge in [-0.1, -0.05) is 6.07 Å². The maximum absolute atomic E-state index is 6.11. The number of benzene rings is 1. The molecule has 90 valence electrons. The molecule has 1 aromatic heterocycles. The van der Waals surface area contributed by atoms with E-state index in [-0.39, 0.29) is 0 Å². The van der Waals surface area contributed by atoms with Crippen LogP contribution < -0.4 is 10.6 Å². The second kappa shape index (κ2) is 5.19. The van der Waals surface area contributed by atoms with E-state index < -0.39 is 0 Å². The standard InChI is InChI=1S/C13H17N3S/c1-3-16(4-2)13-6-5-10(7-11(13)14)12-8-17-9-15-12/h5-9H,3-4,14H2,1-2H3. The van der Waals surface area contributed by atoms with Gasteiger partial charge in [-0.2, -0.15) is 0 Å². The van der Waals surface area contributed by atoms with Gasteiger partial charge in [-0.25, -0.2) is 4.98 Å². The number of rotatable bonds is 4. The van der Waals surface area contributed by atoms with Crippen LogP contribution in [-0.4, -0.2) is 18.1 Å². The van der Waals surface area contributed by atoms with E-state index in [4.69, 9.17) is 5.73 Å². The highest BCUT2D eigenvalue weighted by molar-refractivity contribution is 7.07. The number of aromatic nitrogens is 1. The van der Waals surface area contributed by atoms with Crippen molar-refractivity contribution in [3.05, 3.63) is 29.1 Å². The summed E-state index contributed by atoms with van der Waals surface area (Å²) in [7, 11) is 0. The van der Waals surface area contributed by atoms with Crippen LogP contribution in [0.1, 0.15) is 13.8 Å². The Morgan fingerprint density at radius 1 is 1.29 bits per heavy atom. The number of nitrogen functional groups attached to an aromatic ring is 1. The van der Waals surface area contributed by atoms with Crippen LogP contribution in [0, 0.1) is 0 Å². The third-order valence-corrected chi connectivity index (χ3v) is 3.45. The van der Waals surface area contributed by atoms with Crippen LogP contribution in [0.4, 0.5) is 11.4 Å². The van der Waals surface area contributed by atoms with Crippen LogP contribution in [0.15, 0.2) is 29.1 Å². The van der Waals surface area contributed by atoms with Crippen molar-refractivity contribution >= 4 is 22.7 Å². The highest BCUT2D eigenvalue weighted by atomic mass is 32.1. The van der Waals surface area contributed by atoms with Gasteiger partial charge in [0.15, 0.2) is 0 Å². The number of hydrogen-bond donors (Lipinski definition) is 1. The number of anilines is 2. The molecule has 0 aliphatic carbocycles. The topological polar surface area (TPSA) is 42.2 Å². The Hall–Kier alpha value is -1.55. The molecule has 0 aliphatic rings. The van der Waals surface area contributed by atoms with Crippen molar-refractivity contribution in [1.29, 1.82) is 0 Å². The highest BCUT2D eigenvalue weighted by Crippen LogP contribution is 2.29. The Labute approximate surface area is 106 Å². The van der Waals surface area contributed by atoms with E-state index in [1.807, 2.05) is 17.0 Å². The minimum Gasteiger partial charge on any atom is -0.397 e. The van der Waals surface area contributed by atoms with Gasteiger partial charge in [0, 0.05) is 24.0 Å². The zero-order chi connectivity index (χ0) is 12.3. The van der Waals surface area contributed by atoms with Gasteiger partial charge < -0.3 is 10.6 Å². The molecule has 0 unspecified atom stereocenters. The summed E-state index contributed by atoms with van der Waals surface area (Å²) in [6.45, 7) is 6.21. The molecule has 1 aromatic carbocycles. The lowest BCUT2D eigenvalue weighted by Gasteiger charge is -2.23. The third-order valence-electron chi connectivity index (χ3n) is 2.86. The first-order valence-electron chi connectivity index (χ1n) is 5.79. The molecule has 2 N–H and O–H groups in total. The number of nitrogens with zero attached hydrogens (tertiary/aromatic N) is 2.